The number of ether oxygens (including phenoxy) is 3. The minimum atomic E-state index is -0.515. The molecule has 7 heteroatoms. The molecule has 1 aliphatic rings. The second kappa shape index (κ2) is 9.82. The Hall–Kier alpha value is -3.22. The molecule has 1 aliphatic heterocycles. The molecule has 0 bridgehead atoms. The molecule has 0 spiro atoms. The van der Waals surface area contributed by atoms with E-state index in [1.807, 2.05) is 31.2 Å². The summed E-state index contributed by atoms with van der Waals surface area (Å²) < 4.78 is 15.7. The molecule has 1 heterocycles. The molecule has 7 nitrogen and oxygen atoms in total. The van der Waals surface area contributed by atoms with E-state index in [0.717, 1.165) is 24.5 Å². The molecule has 0 N–H and O–H groups in total. The van der Waals surface area contributed by atoms with Gasteiger partial charge in [0.05, 0.1) is 19.3 Å². The summed E-state index contributed by atoms with van der Waals surface area (Å²) >= 11 is 0. The highest BCUT2D eigenvalue weighted by Crippen LogP contribution is 2.20. The smallest absolute Gasteiger partial charge is 0.338 e. The fourth-order valence-corrected chi connectivity index (χ4v) is 3.16. The molecule has 1 saturated heterocycles. The second-order valence-electron chi connectivity index (χ2n) is 6.60. The van der Waals surface area contributed by atoms with E-state index in [2.05, 4.69) is 4.90 Å². The number of hydrogen-bond acceptors (Lipinski definition) is 6. The molecule has 3 rings (SSSR count). The Morgan fingerprint density at radius 2 is 1.52 bits per heavy atom. The lowest BCUT2D eigenvalue weighted by Crippen LogP contribution is -2.49. The maximum absolute atomic E-state index is 12.4. The Bertz CT molecular complexity index is 812. The number of amides is 1. The van der Waals surface area contributed by atoms with Crippen molar-refractivity contribution in [1.29, 1.82) is 0 Å². The Kier molecular flexibility index (Phi) is 6.94. The predicted octanol–water partition coefficient (Wildman–Crippen LogP) is 2.60. The van der Waals surface area contributed by atoms with Gasteiger partial charge in [-0.3, -0.25) is 4.79 Å². The number of benzene rings is 2. The number of rotatable bonds is 7. The second-order valence-corrected chi connectivity index (χ2v) is 6.60. The molecule has 0 aromatic heterocycles. The zero-order valence-electron chi connectivity index (χ0n) is 16.8. The van der Waals surface area contributed by atoms with Crippen molar-refractivity contribution in [3.05, 3.63) is 54.1 Å². The average Bonchev–Trinajstić information content (AvgIpc) is 2.78. The Labute approximate surface area is 170 Å². The number of esters is 1. The van der Waals surface area contributed by atoms with Gasteiger partial charge in [0, 0.05) is 31.9 Å². The summed E-state index contributed by atoms with van der Waals surface area (Å²) in [5, 5.41) is 0. The van der Waals surface area contributed by atoms with Gasteiger partial charge < -0.3 is 24.0 Å². The van der Waals surface area contributed by atoms with Crippen LogP contribution in [0, 0.1) is 0 Å². The molecule has 2 aromatic rings. The minimum absolute atomic E-state index is 0.182. The minimum Gasteiger partial charge on any atom is -0.497 e. The first-order chi connectivity index (χ1) is 14.1. The van der Waals surface area contributed by atoms with Crippen LogP contribution in [0.25, 0.3) is 0 Å². The van der Waals surface area contributed by atoms with Gasteiger partial charge in [-0.15, -0.1) is 0 Å². The highest BCUT2D eigenvalue weighted by molar-refractivity contribution is 5.91. The fourth-order valence-electron chi connectivity index (χ4n) is 3.16. The SMILES string of the molecule is CCOc1ccc(C(=O)OCC(=O)N2CCN(c3ccc(OC)cc3)CC2)cc1. The first-order valence-corrected chi connectivity index (χ1v) is 9.67. The van der Waals surface area contributed by atoms with Crippen LogP contribution in [0.3, 0.4) is 0 Å². The van der Waals surface area contributed by atoms with Crippen molar-refractivity contribution < 1.29 is 23.8 Å². The van der Waals surface area contributed by atoms with Gasteiger partial charge in [-0.25, -0.2) is 4.79 Å². The quantitative estimate of drug-likeness (QED) is 0.668. The third-order valence-corrected chi connectivity index (χ3v) is 4.80. The van der Waals surface area contributed by atoms with Crippen LogP contribution in [-0.4, -0.2) is 63.3 Å². The van der Waals surface area contributed by atoms with Crippen LogP contribution in [0.1, 0.15) is 17.3 Å². The van der Waals surface area contributed by atoms with E-state index >= 15 is 0 Å². The zero-order chi connectivity index (χ0) is 20.6. The van der Waals surface area contributed by atoms with Crippen LogP contribution in [0.5, 0.6) is 11.5 Å². The van der Waals surface area contributed by atoms with E-state index in [1.54, 1.807) is 36.3 Å². The normalized spacial score (nSPS) is 13.7. The standard InChI is InChI=1S/C22H26N2O5/c1-3-28-20-8-4-17(5-9-20)22(26)29-16-21(25)24-14-12-23(13-15-24)18-6-10-19(27-2)11-7-18/h4-11H,3,12-16H2,1-2H3. The summed E-state index contributed by atoms with van der Waals surface area (Å²) in [6.07, 6.45) is 0. The molecular weight excluding hydrogens is 372 g/mol. The van der Waals surface area contributed by atoms with Crippen LogP contribution in [-0.2, 0) is 9.53 Å². The molecule has 0 unspecified atom stereocenters. The largest absolute Gasteiger partial charge is 0.497 e. The number of anilines is 1. The topological polar surface area (TPSA) is 68.3 Å². The Morgan fingerprint density at radius 3 is 2.10 bits per heavy atom. The van der Waals surface area contributed by atoms with Crippen molar-refractivity contribution in [3.8, 4) is 11.5 Å². The molecule has 1 fully saturated rings. The van der Waals surface area contributed by atoms with Gasteiger partial charge in [0.2, 0.25) is 0 Å². The Morgan fingerprint density at radius 1 is 0.897 bits per heavy atom. The monoisotopic (exact) mass is 398 g/mol. The molecule has 0 atom stereocenters. The number of nitrogens with zero attached hydrogens (tertiary/aromatic N) is 2. The van der Waals surface area contributed by atoms with Crippen LogP contribution in [0.15, 0.2) is 48.5 Å². The van der Waals surface area contributed by atoms with Crippen LogP contribution in [0.2, 0.25) is 0 Å². The van der Waals surface area contributed by atoms with Gasteiger partial charge in [0.15, 0.2) is 6.61 Å². The molecule has 154 valence electrons. The van der Waals surface area contributed by atoms with Gasteiger partial charge in [0.25, 0.3) is 5.91 Å². The van der Waals surface area contributed by atoms with Crippen LogP contribution in [0.4, 0.5) is 5.69 Å². The van der Waals surface area contributed by atoms with E-state index in [1.165, 1.54) is 0 Å². The first-order valence-electron chi connectivity index (χ1n) is 9.67. The molecule has 29 heavy (non-hydrogen) atoms. The first kappa shape index (κ1) is 20.5. The molecule has 1 amide bonds. The highest BCUT2D eigenvalue weighted by Gasteiger charge is 2.22. The number of methoxy groups -OCH3 is 1. The molecule has 0 aliphatic carbocycles. The van der Waals surface area contributed by atoms with Crippen molar-refractivity contribution in [2.75, 3.05) is 51.4 Å². The van der Waals surface area contributed by atoms with Gasteiger partial charge in [-0.1, -0.05) is 0 Å². The zero-order valence-corrected chi connectivity index (χ0v) is 16.8. The highest BCUT2D eigenvalue weighted by atomic mass is 16.5. The Balaban J connectivity index is 1.45. The third kappa shape index (κ3) is 5.40. The molecule has 2 aromatic carbocycles. The molecule has 0 saturated carbocycles. The summed E-state index contributed by atoms with van der Waals surface area (Å²) in [5.41, 5.74) is 1.49. The van der Waals surface area contributed by atoms with E-state index in [-0.39, 0.29) is 12.5 Å². The summed E-state index contributed by atoms with van der Waals surface area (Å²) in [4.78, 5) is 28.5. The van der Waals surface area contributed by atoms with Crippen molar-refractivity contribution in [2.45, 2.75) is 6.92 Å². The lowest BCUT2D eigenvalue weighted by Gasteiger charge is -2.36. The van der Waals surface area contributed by atoms with E-state index in [0.29, 0.717) is 31.0 Å². The van der Waals surface area contributed by atoms with E-state index in [9.17, 15) is 9.59 Å². The van der Waals surface area contributed by atoms with Crippen LogP contribution < -0.4 is 14.4 Å². The van der Waals surface area contributed by atoms with Crippen molar-refractivity contribution in [3.63, 3.8) is 0 Å². The van der Waals surface area contributed by atoms with Crippen molar-refractivity contribution in [2.24, 2.45) is 0 Å². The molecule has 0 radical (unpaired) electrons. The van der Waals surface area contributed by atoms with Gasteiger partial charge in [-0.2, -0.15) is 0 Å². The number of hydrogen-bond donors (Lipinski definition) is 0. The lowest BCUT2D eigenvalue weighted by molar-refractivity contribution is -0.134. The fraction of sp³-hybridized carbons (Fsp3) is 0.364. The third-order valence-electron chi connectivity index (χ3n) is 4.80. The average molecular weight is 398 g/mol. The summed E-state index contributed by atoms with van der Waals surface area (Å²) in [5.74, 6) is 0.809. The number of carbonyl (C=O) groups excluding carboxylic acids is 2. The molecular formula is C22H26N2O5. The van der Waals surface area contributed by atoms with Crippen LogP contribution >= 0.6 is 0 Å². The van der Waals surface area contributed by atoms with Gasteiger partial charge in [0.1, 0.15) is 11.5 Å². The van der Waals surface area contributed by atoms with E-state index in [4.69, 9.17) is 14.2 Å². The summed E-state index contributed by atoms with van der Waals surface area (Å²) in [6.45, 7) is 4.83. The maximum Gasteiger partial charge on any atom is 0.338 e. The van der Waals surface area contributed by atoms with Crippen molar-refractivity contribution >= 4 is 17.6 Å². The van der Waals surface area contributed by atoms with E-state index < -0.39 is 5.97 Å². The van der Waals surface area contributed by atoms with Gasteiger partial charge >= 0.3 is 5.97 Å². The van der Waals surface area contributed by atoms with Gasteiger partial charge in [-0.05, 0) is 55.5 Å². The number of piperazine rings is 1. The van der Waals surface area contributed by atoms with Crippen molar-refractivity contribution in [1.82, 2.24) is 4.90 Å². The maximum atomic E-state index is 12.4. The lowest BCUT2D eigenvalue weighted by atomic mass is 10.2. The predicted molar refractivity (Wildman–Crippen MR) is 110 cm³/mol. The summed E-state index contributed by atoms with van der Waals surface area (Å²) in [7, 11) is 1.64. The number of carbonyl (C=O) groups is 2. The summed E-state index contributed by atoms with van der Waals surface area (Å²) in [6, 6.07) is 14.5.